The van der Waals surface area contributed by atoms with Crippen molar-refractivity contribution < 1.29 is 38.7 Å². The minimum atomic E-state index is -1.48. The summed E-state index contributed by atoms with van der Waals surface area (Å²) >= 11 is 0. The average molecular weight is 585 g/mol. The van der Waals surface area contributed by atoms with Crippen LogP contribution in [0.1, 0.15) is 56.3 Å². The van der Waals surface area contributed by atoms with Gasteiger partial charge in [-0.05, 0) is 44.4 Å². The topological polar surface area (TPSA) is 127 Å². The second-order valence-corrected chi connectivity index (χ2v) is 13.7. The fourth-order valence-corrected chi connectivity index (χ4v) is 11.6. The molecule has 42 heavy (non-hydrogen) atoms. The van der Waals surface area contributed by atoms with Gasteiger partial charge in [-0.2, -0.15) is 0 Å². The molecular weight excluding hydrogens is 540 g/mol. The third-order valence-corrected chi connectivity index (χ3v) is 12.6. The van der Waals surface area contributed by atoms with Crippen LogP contribution in [0.3, 0.4) is 0 Å². The van der Waals surface area contributed by atoms with Gasteiger partial charge >= 0.3 is 5.97 Å². The van der Waals surface area contributed by atoms with Crippen LogP contribution < -0.4 is 5.32 Å². The van der Waals surface area contributed by atoms with Crippen LogP contribution in [0.15, 0.2) is 24.3 Å². The Hall–Kier alpha value is -2.08. The molecule has 1 saturated heterocycles. The van der Waals surface area contributed by atoms with Crippen molar-refractivity contribution in [2.24, 2.45) is 29.1 Å². The number of para-hydroxylation sites is 1. The molecule has 1 aliphatic heterocycles. The number of fused-ring (bicyclic) bond motifs is 2. The van der Waals surface area contributed by atoms with Crippen LogP contribution in [0.2, 0.25) is 0 Å². The van der Waals surface area contributed by atoms with E-state index < -0.39 is 34.3 Å². The van der Waals surface area contributed by atoms with Crippen molar-refractivity contribution in [2.45, 2.75) is 87.1 Å². The van der Waals surface area contributed by atoms with E-state index in [2.05, 4.69) is 17.1 Å². The summed E-state index contributed by atoms with van der Waals surface area (Å²) in [5.74, 6) is -1.54. The first-order chi connectivity index (χ1) is 20.1. The molecule has 6 aliphatic rings. The Morgan fingerprint density at radius 1 is 1.07 bits per heavy atom. The Morgan fingerprint density at radius 3 is 2.50 bits per heavy atom. The molecule has 1 spiro atoms. The molecule has 5 saturated carbocycles. The molecule has 230 valence electrons. The lowest BCUT2D eigenvalue weighted by atomic mass is 9.44. The Bertz CT molecular complexity index is 1290. The normalized spacial score (nSPS) is 48.2. The molecule has 1 aromatic carbocycles. The first-order valence-corrected chi connectivity index (χ1v) is 15.4. The summed E-state index contributed by atoms with van der Waals surface area (Å²) in [7, 11) is 5.05. The summed E-state index contributed by atoms with van der Waals surface area (Å²) in [5, 5.41) is 28.4. The van der Waals surface area contributed by atoms with Gasteiger partial charge in [0.15, 0.2) is 0 Å². The number of hydrogen-bond donors (Lipinski definition) is 3. The van der Waals surface area contributed by atoms with Gasteiger partial charge in [-0.3, -0.25) is 9.69 Å². The number of ether oxygens (including phenoxy) is 4. The van der Waals surface area contributed by atoms with Crippen LogP contribution in [0, 0.1) is 29.1 Å². The highest BCUT2D eigenvalue weighted by Crippen LogP contribution is 2.79. The Labute approximate surface area is 247 Å². The van der Waals surface area contributed by atoms with Gasteiger partial charge in [0.25, 0.3) is 0 Å². The quantitative estimate of drug-likeness (QED) is 0.414. The van der Waals surface area contributed by atoms with E-state index in [0.717, 1.165) is 0 Å². The largest absolute Gasteiger partial charge is 0.454 e. The first-order valence-electron chi connectivity index (χ1n) is 15.4. The lowest BCUT2D eigenvalue weighted by Gasteiger charge is -2.70. The zero-order chi connectivity index (χ0) is 29.8. The van der Waals surface area contributed by atoms with Gasteiger partial charge in [-0.15, -0.1) is 0 Å². The van der Waals surface area contributed by atoms with E-state index in [-0.39, 0.29) is 47.8 Å². The van der Waals surface area contributed by atoms with Crippen molar-refractivity contribution in [3.8, 4) is 0 Å². The molecule has 1 aromatic rings. The molecule has 0 radical (unpaired) electrons. The van der Waals surface area contributed by atoms with E-state index in [4.69, 9.17) is 18.9 Å². The molecule has 1 heterocycles. The molecule has 1 amide bonds. The summed E-state index contributed by atoms with van der Waals surface area (Å²) in [6, 6.07) is 6.89. The molecule has 6 fully saturated rings. The summed E-state index contributed by atoms with van der Waals surface area (Å²) in [6.07, 6.45) is 1.91. The van der Waals surface area contributed by atoms with E-state index in [0.29, 0.717) is 56.4 Å². The highest BCUT2D eigenvalue weighted by Gasteiger charge is 2.89. The average Bonchev–Trinajstić information content (AvgIpc) is 3.39. The van der Waals surface area contributed by atoms with Crippen molar-refractivity contribution in [1.82, 2.24) is 4.90 Å². The van der Waals surface area contributed by atoms with E-state index in [1.165, 1.54) is 6.92 Å². The van der Waals surface area contributed by atoms with Gasteiger partial charge in [0, 0.05) is 76.3 Å². The second-order valence-electron chi connectivity index (χ2n) is 13.7. The van der Waals surface area contributed by atoms with E-state index in [1.807, 2.05) is 0 Å². The second kappa shape index (κ2) is 9.46. The molecule has 10 heteroatoms. The van der Waals surface area contributed by atoms with Gasteiger partial charge in [0.1, 0.15) is 16.8 Å². The molecule has 0 unspecified atom stereocenters. The molecule has 10 nitrogen and oxygen atoms in total. The maximum absolute atomic E-state index is 14.0. The molecule has 7 bridgehead atoms. The SMILES string of the molecule is CCN1C[C@]2(OC(=O)c3ccccc3NC(C)=O)CC[C@H](OC)[C@@]34[C@@H]2C[C@@H]([C@@H]13)[C@@]1(O)C[C@H](OC)[C@H]2C[C@H]4[C@]1(O)[C@@H]2OC. The number of likely N-dealkylation sites (tertiary alicyclic amines) is 1. The predicted molar refractivity (Wildman–Crippen MR) is 152 cm³/mol. The predicted octanol–water partition coefficient (Wildman–Crippen LogP) is 2.22. The van der Waals surface area contributed by atoms with Crippen LogP contribution in [-0.4, -0.2) is 103 Å². The summed E-state index contributed by atoms with van der Waals surface area (Å²) < 4.78 is 25.1. The number of anilines is 1. The van der Waals surface area contributed by atoms with Gasteiger partial charge in [-0.25, -0.2) is 4.79 Å². The maximum atomic E-state index is 14.0. The van der Waals surface area contributed by atoms with E-state index >= 15 is 0 Å². The number of nitrogens with one attached hydrogen (secondary N) is 1. The van der Waals surface area contributed by atoms with Gasteiger partial charge in [0.2, 0.25) is 5.91 Å². The zero-order valence-corrected chi connectivity index (χ0v) is 25.2. The smallest absolute Gasteiger partial charge is 0.340 e. The Morgan fingerprint density at radius 2 is 1.83 bits per heavy atom. The summed E-state index contributed by atoms with van der Waals surface area (Å²) in [4.78, 5) is 28.3. The summed E-state index contributed by atoms with van der Waals surface area (Å²) in [5.41, 5.74) is -3.57. The zero-order valence-electron chi connectivity index (χ0n) is 25.2. The maximum Gasteiger partial charge on any atom is 0.340 e. The molecule has 0 aromatic heterocycles. The van der Waals surface area contributed by atoms with E-state index in [9.17, 15) is 19.8 Å². The number of esters is 1. The lowest BCUT2D eigenvalue weighted by molar-refractivity contribution is -0.337. The number of carbonyl (C=O) groups is 2. The molecule has 12 atom stereocenters. The van der Waals surface area contributed by atoms with Crippen LogP contribution >= 0.6 is 0 Å². The van der Waals surface area contributed by atoms with Gasteiger partial charge in [0.05, 0.1) is 29.6 Å². The number of nitrogens with zero attached hydrogens (tertiary/aromatic N) is 1. The number of piperidine rings is 1. The third kappa shape index (κ3) is 3.21. The minimum Gasteiger partial charge on any atom is -0.454 e. The molecular formula is C32H44N2O8. The lowest BCUT2D eigenvalue weighted by Crippen LogP contribution is -2.83. The molecule has 3 N–H and O–H groups in total. The van der Waals surface area contributed by atoms with E-state index in [1.54, 1.807) is 45.6 Å². The van der Waals surface area contributed by atoms with Crippen molar-refractivity contribution in [3.63, 3.8) is 0 Å². The highest BCUT2D eigenvalue weighted by atomic mass is 16.6. The molecule has 7 rings (SSSR count). The fraction of sp³-hybridized carbons (Fsp3) is 0.750. The van der Waals surface area contributed by atoms with Crippen LogP contribution in [-0.2, 0) is 23.7 Å². The number of aliphatic hydroxyl groups is 2. The number of amides is 1. The fourth-order valence-electron chi connectivity index (χ4n) is 11.6. The number of hydrogen-bond acceptors (Lipinski definition) is 9. The third-order valence-electron chi connectivity index (χ3n) is 12.6. The van der Waals surface area contributed by atoms with Crippen LogP contribution in [0.4, 0.5) is 5.69 Å². The first kappa shape index (κ1) is 28.7. The van der Waals surface area contributed by atoms with Crippen LogP contribution in [0.25, 0.3) is 0 Å². The van der Waals surface area contributed by atoms with Crippen molar-refractivity contribution in [2.75, 3.05) is 39.7 Å². The van der Waals surface area contributed by atoms with Gasteiger partial charge < -0.3 is 34.5 Å². The van der Waals surface area contributed by atoms with Crippen molar-refractivity contribution in [1.29, 1.82) is 0 Å². The van der Waals surface area contributed by atoms with Crippen LogP contribution in [0.5, 0.6) is 0 Å². The highest BCUT2D eigenvalue weighted by molar-refractivity contribution is 6.00. The number of carbonyl (C=O) groups excluding carboxylic acids is 2. The molecule has 5 aliphatic carbocycles. The monoisotopic (exact) mass is 584 g/mol. The Balaban J connectivity index is 1.38. The van der Waals surface area contributed by atoms with Gasteiger partial charge in [-0.1, -0.05) is 19.1 Å². The summed E-state index contributed by atoms with van der Waals surface area (Å²) in [6.45, 7) is 4.79. The van der Waals surface area contributed by atoms with Crippen molar-refractivity contribution >= 4 is 17.6 Å². The Kier molecular flexibility index (Phi) is 6.46. The number of likely N-dealkylation sites (N-methyl/N-ethyl adjacent to an activating group) is 1. The van der Waals surface area contributed by atoms with Crippen molar-refractivity contribution in [3.05, 3.63) is 29.8 Å². The standard InChI is InChI=1S/C32H44N2O8/c1-6-34-16-29(42-28(36)18-9-7-8-10-21(18)33-17(2)35)12-11-25(40-4)31-23(29)14-20(26(31)34)30(37)15-22(39-3)19-13-24(31)32(30,38)27(19)41-5/h7-10,19-20,22-27,37-38H,6,11-16H2,1-5H3,(H,33,35)/t19-,20+,22+,23-,24-,25+,26-,27-,29-,30+,31+,32+/m1/s1. The number of benzene rings is 1. The number of rotatable bonds is 7. The minimum absolute atomic E-state index is 0.0432. The number of methoxy groups -OCH3 is 3.